The van der Waals surface area contributed by atoms with Gasteiger partial charge in [0.05, 0.1) is 0 Å². The maximum Gasteiger partial charge on any atom is 0.323 e. The summed E-state index contributed by atoms with van der Waals surface area (Å²) >= 11 is 0. The van der Waals surface area contributed by atoms with E-state index >= 15 is 0 Å². The zero-order chi connectivity index (χ0) is 16.2. The minimum Gasteiger partial charge on any atom is -0.480 e. The van der Waals surface area contributed by atoms with Gasteiger partial charge in [-0.1, -0.05) is 12.8 Å². The van der Waals surface area contributed by atoms with Crippen LogP contribution in [0.2, 0.25) is 0 Å². The molecule has 0 heterocycles. The van der Waals surface area contributed by atoms with E-state index in [2.05, 4.69) is 0 Å². The fourth-order valence-electron chi connectivity index (χ4n) is 2.62. The Balaban J connectivity index is 2.98. The predicted octanol–water partition coefficient (Wildman–Crippen LogP) is 1.02. The minimum absolute atomic E-state index is 0.0383. The number of nitrogens with zero attached hydrogens (tertiary/aromatic N) is 2. The molecular weight excluding hydrogens is 274 g/mol. The summed E-state index contributed by atoms with van der Waals surface area (Å²) in [7, 11) is 0. The number of amides is 3. The second kappa shape index (κ2) is 6.78. The smallest absolute Gasteiger partial charge is 0.323 e. The van der Waals surface area contributed by atoms with Gasteiger partial charge in [0.15, 0.2) is 0 Å². The number of hydrogen-bond donors (Lipinski definition) is 2. The molecule has 0 atom stereocenters. The second-order valence-corrected chi connectivity index (χ2v) is 6.47. The Morgan fingerprint density at radius 3 is 2.05 bits per heavy atom. The Kier molecular flexibility index (Phi) is 5.57. The van der Waals surface area contributed by atoms with Gasteiger partial charge >= 0.3 is 12.0 Å². The Labute approximate surface area is 125 Å². The molecule has 7 heteroatoms. The van der Waals surface area contributed by atoms with Gasteiger partial charge in [0.1, 0.15) is 13.1 Å². The van der Waals surface area contributed by atoms with E-state index in [1.54, 1.807) is 20.8 Å². The van der Waals surface area contributed by atoms with Crippen LogP contribution >= 0.6 is 0 Å². The van der Waals surface area contributed by atoms with Gasteiger partial charge < -0.3 is 20.6 Å². The van der Waals surface area contributed by atoms with Crippen LogP contribution in [0.1, 0.15) is 46.5 Å². The highest BCUT2D eigenvalue weighted by Gasteiger charge is 2.36. The second-order valence-electron chi connectivity index (χ2n) is 6.47. The lowest BCUT2D eigenvalue weighted by Crippen LogP contribution is -2.57. The van der Waals surface area contributed by atoms with Crippen LogP contribution < -0.4 is 5.73 Å². The van der Waals surface area contributed by atoms with E-state index < -0.39 is 30.0 Å². The average molecular weight is 299 g/mol. The molecule has 0 aliphatic heterocycles. The highest BCUT2D eigenvalue weighted by atomic mass is 16.4. The number of nitrogens with two attached hydrogens (primary N) is 1. The number of aliphatic carboxylic acids is 1. The highest BCUT2D eigenvalue weighted by Crippen LogP contribution is 2.26. The number of carbonyl (C=O) groups excluding carboxylic acids is 2. The highest BCUT2D eigenvalue weighted by molar-refractivity contribution is 5.85. The van der Waals surface area contributed by atoms with Crippen LogP contribution in [-0.2, 0) is 9.59 Å². The molecule has 0 aromatic rings. The standard InChI is InChI=1S/C14H25N3O4/c1-14(2,3)17(9-12(19)20)13(21)16(8-11(15)18)10-6-4-5-7-10/h10H,4-9H2,1-3H3,(H2,15,18)(H,19,20). The molecule has 0 aromatic heterocycles. The average Bonchev–Trinajstić information content (AvgIpc) is 2.84. The van der Waals surface area contributed by atoms with Gasteiger partial charge in [-0.25, -0.2) is 4.79 Å². The number of hydrogen-bond acceptors (Lipinski definition) is 3. The van der Waals surface area contributed by atoms with Gasteiger partial charge in [0.2, 0.25) is 5.91 Å². The lowest BCUT2D eigenvalue weighted by molar-refractivity contribution is -0.138. The molecule has 0 unspecified atom stereocenters. The molecule has 0 spiro atoms. The molecule has 1 aliphatic carbocycles. The number of urea groups is 1. The van der Waals surface area contributed by atoms with E-state index in [4.69, 9.17) is 10.8 Å². The van der Waals surface area contributed by atoms with Crippen molar-refractivity contribution in [3.05, 3.63) is 0 Å². The van der Waals surface area contributed by atoms with Gasteiger partial charge in [-0.15, -0.1) is 0 Å². The summed E-state index contributed by atoms with van der Waals surface area (Å²) in [5.74, 6) is -1.66. The molecule has 0 saturated heterocycles. The van der Waals surface area contributed by atoms with Crippen LogP contribution in [0.3, 0.4) is 0 Å². The summed E-state index contributed by atoms with van der Waals surface area (Å²) in [4.78, 5) is 37.7. The summed E-state index contributed by atoms with van der Waals surface area (Å²) in [5, 5.41) is 9.02. The molecule has 7 nitrogen and oxygen atoms in total. The third kappa shape index (κ3) is 4.91. The van der Waals surface area contributed by atoms with E-state index in [0.717, 1.165) is 25.7 Å². The Bertz CT molecular complexity index is 411. The van der Waals surface area contributed by atoms with Gasteiger partial charge in [-0.3, -0.25) is 9.59 Å². The lowest BCUT2D eigenvalue weighted by atomic mass is 10.1. The summed E-state index contributed by atoms with van der Waals surface area (Å²) in [6, 6.07) is -0.473. The summed E-state index contributed by atoms with van der Waals surface area (Å²) in [6.45, 7) is 4.74. The normalized spacial score (nSPS) is 15.8. The molecule has 0 radical (unpaired) electrons. The SMILES string of the molecule is CC(C)(C)N(CC(=O)O)C(=O)N(CC(N)=O)C1CCCC1. The number of carboxylic acid groups (broad SMARTS) is 1. The Hall–Kier alpha value is -1.79. The fourth-order valence-corrected chi connectivity index (χ4v) is 2.62. The van der Waals surface area contributed by atoms with Crippen molar-refractivity contribution in [2.24, 2.45) is 5.73 Å². The van der Waals surface area contributed by atoms with Crippen molar-refractivity contribution in [3.8, 4) is 0 Å². The molecule has 1 aliphatic rings. The zero-order valence-electron chi connectivity index (χ0n) is 13.0. The predicted molar refractivity (Wildman–Crippen MR) is 77.6 cm³/mol. The molecular formula is C14H25N3O4. The van der Waals surface area contributed by atoms with Crippen molar-refractivity contribution in [2.45, 2.75) is 58.0 Å². The van der Waals surface area contributed by atoms with Crippen LogP contribution in [-0.4, -0.2) is 57.5 Å². The molecule has 0 aromatic carbocycles. The van der Waals surface area contributed by atoms with E-state index in [0.29, 0.717) is 0 Å². The van der Waals surface area contributed by atoms with Gasteiger partial charge in [0, 0.05) is 11.6 Å². The van der Waals surface area contributed by atoms with Crippen molar-refractivity contribution < 1.29 is 19.5 Å². The van der Waals surface area contributed by atoms with Crippen molar-refractivity contribution in [3.63, 3.8) is 0 Å². The summed E-state index contributed by atoms with van der Waals surface area (Å²) < 4.78 is 0. The quantitative estimate of drug-likeness (QED) is 0.790. The molecule has 1 saturated carbocycles. The third-order valence-electron chi connectivity index (χ3n) is 3.67. The van der Waals surface area contributed by atoms with Crippen LogP contribution in [0, 0.1) is 0 Å². The van der Waals surface area contributed by atoms with Crippen LogP contribution in [0.15, 0.2) is 0 Å². The summed E-state index contributed by atoms with van der Waals surface area (Å²) in [6.07, 6.45) is 3.65. The van der Waals surface area contributed by atoms with Crippen LogP contribution in [0.25, 0.3) is 0 Å². The topological polar surface area (TPSA) is 104 Å². The van der Waals surface area contributed by atoms with Crippen molar-refractivity contribution >= 4 is 17.9 Å². The summed E-state index contributed by atoms with van der Waals surface area (Å²) in [5.41, 5.74) is 4.59. The maximum absolute atomic E-state index is 12.7. The first-order chi connectivity index (χ1) is 9.62. The third-order valence-corrected chi connectivity index (χ3v) is 3.67. The molecule has 120 valence electrons. The fraction of sp³-hybridized carbons (Fsp3) is 0.786. The Morgan fingerprint density at radius 1 is 1.14 bits per heavy atom. The van der Waals surface area contributed by atoms with Crippen molar-refractivity contribution in [2.75, 3.05) is 13.1 Å². The first kappa shape index (κ1) is 17.3. The molecule has 3 N–H and O–H groups in total. The number of carboxylic acids is 1. The molecule has 1 rings (SSSR count). The van der Waals surface area contributed by atoms with Gasteiger partial charge in [-0.2, -0.15) is 0 Å². The largest absolute Gasteiger partial charge is 0.480 e. The maximum atomic E-state index is 12.7. The number of primary amides is 1. The molecule has 0 bridgehead atoms. The van der Waals surface area contributed by atoms with E-state index in [1.165, 1.54) is 9.80 Å². The van der Waals surface area contributed by atoms with Crippen LogP contribution in [0.5, 0.6) is 0 Å². The first-order valence-corrected chi connectivity index (χ1v) is 7.21. The van der Waals surface area contributed by atoms with E-state index in [-0.39, 0.29) is 12.6 Å². The van der Waals surface area contributed by atoms with Gasteiger partial charge in [-0.05, 0) is 33.6 Å². The molecule has 1 fully saturated rings. The monoisotopic (exact) mass is 299 g/mol. The lowest BCUT2D eigenvalue weighted by Gasteiger charge is -2.40. The Morgan fingerprint density at radius 2 is 1.67 bits per heavy atom. The molecule has 3 amide bonds. The number of rotatable bonds is 5. The number of carbonyl (C=O) groups is 3. The molecule has 21 heavy (non-hydrogen) atoms. The van der Waals surface area contributed by atoms with Crippen molar-refractivity contribution in [1.29, 1.82) is 0 Å². The van der Waals surface area contributed by atoms with E-state index in [9.17, 15) is 14.4 Å². The van der Waals surface area contributed by atoms with Crippen LogP contribution in [0.4, 0.5) is 4.79 Å². The first-order valence-electron chi connectivity index (χ1n) is 7.21. The zero-order valence-corrected chi connectivity index (χ0v) is 13.0. The minimum atomic E-state index is -1.08. The van der Waals surface area contributed by atoms with Gasteiger partial charge in [0.25, 0.3) is 0 Å². The van der Waals surface area contributed by atoms with Crippen molar-refractivity contribution in [1.82, 2.24) is 9.80 Å². The van der Waals surface area contributed by atoms with E-state index in [1.807, 2.05) is 0 Å².